The number of carbonyl (C=O) groups is 2. The Hall–Kier alpha value is -3.15. The lowest BCUT2D eigenvalue weighted by Crippen LogP contribution is -2.46. The molecule has 0 radical (unpaired) electrons. The summed E-state index contributed by atoms with van der Waals surface area (Å²) in [6.07, 6.45) is 4.46. The van der Waals surface area contributed by atoms with E-state index in [4.69, 9.17) is 5.73 Å². The molecule has 136 valence electrons. The number of hydrogen-bond acceptors (Lipinski definition) is 3. The van der Waals surface area contributed by atoms with E-state index < -0.39 is 5.91 Å². The van der Waals surface area contributed by atoms with Crippen molar-refractivity contribution in [2.24, 2.45) is 5.73 Å². The van der Waals surface area contributed by atoms with Gasteiger partial charge in [0.15, 0.2) is 0 Å². The van der Waals surface area contributed by atoms with Crippen molar-refractivity contribution in [2.75, 3.05) is 6.54 Å². The third kappa shape index (κ3) is 2.51. The topological polar surface area (TPSA) is 92.1 Å². The number of amides is 2. The molecule has 6 heteroatoms. The molecular formula is C21H20N4O2. The van der Waals surface area contributed by atoms with Gasteiger partial charge in [0.05, 0.1) is 17.4 Å². The molecule has 1 aromatic heterocycles. The molecule has 2 aromatic carbocycles. The van der Waals surface area contributed by atoms with Gasteiger partial charge in [0.2, 0.25) is 5.91 Å². The number of imidazole rings is 1. The van der Waals surface area contributed by atoms with Gasteiger partial charge in [-0.25, -0.2) is 4.98 Å². The van der Waals surface area contributed by atoms with Gasteiger partial charge in [-0.3, -0.25) is 9.59 Å². The third-order valence-electron chi connectivity index (χ3n) is 5.97. The van der Waals surface area contributed by atoms with E-state index in [1.54, 1.807) is 12.4 Å². The van der Waals surface area contributed by atoms with Crippen LogP contribution in [-0.2, 0) is 6.42 Å². The van der Waals surface area contributed by atoms with Gasteiger partial charge in [-0.05, 0) is 60.7 Å². The van der Waals surface area contributed by atoms with Crippen LogP contribution in [0.5, 0.6) is 0 Å². The van der Waals surface area contributed by atoms with Gasteiger partial charge in [0.25, 0.3) is 5.91 Å². The number of piperidine rings is 1. The van der Waals surface area contributed by atoms with Crippen molar-refractivity contribution in [2.45, 2.75) is 31.2 Å². The fourth-order valence-corrected chi connectivity index (χ4v) is 4.66. The second-order valence-electron chi connectivity index (χ2n) is 7.43. The van der Waals surface area contributed by atoms with Crippen LogP contribution >= 0.6 is 0 Å². The molecule has 1 aliphatic heterocycles. The van der Waals surface area contributed by atoms with Crippen LogP contribution in [0.2, 0.25) is 0 Å². The lowest BCUT2D eigenvalue weighted by molar-refractivity contribution is 0.0595. The van der Waals surface area contributed by atoms with Crippen molar-refractivity contribution in [1.82, 2.24) is 14.9 Å². The quantitative estimate of drug-likeness (QED) is 0.736. The number of hydrogen-bond donors (Lipinski definition) is 2. The SMILES string of the molecule is NC(=O)c1ccc2c(c1)C1CCCN(C(=O)c3ccc4nc[nH]c4c3)C1C2. The second kappa shape index (κ2) is 5.94. The van der Waals surface area contributed by atoms with Crippen LogP contribution in [0.4, 0.5) is 0 Å². The number of primary amides is 1. The van der Waals surface area contributed by atoms with Gasteiger partial charge in [0.1, 0.15) is 0 Å². The standard InChI is InChI=1S/C21H20N4O2/c22-20(26)13-4-3-12-10-19-15(16(12)8-13)2-1-7-25(19)21(27)14-5-6-17-18(9-14)24-11-23-17/h3-6,8-9,11,15,19H,1-2,7,10H2,(H2,22,26)(H,23,24). The fraction of sp³-hybridized carbons (Fsp3) is 0.286. The molecule has 1 saturated heterocycles. The number of likely N-dealkylation sites (tertiary alicyclic amines) is 1. The Bertz CT molecular complexity index is 1070. The van der Waals surface area contributed by atoms with Crippen LogP contribution in [-0.4, -0.2) is 39.3 Å². The zero-order valence-electron chi connectivity index (χ0n) is 14.8. The van der Waals surface area contributed by atoms with Crippen molar-refractivity contribution in [1.29, 1.82) is 0 Å². The highest BCUT2D eigenvalue weighted by Crippen LogP contribution is 2.43. The number of fused-ring (bicyclic) bond motifs is 4. The van der Waals surface area contributed by atoms with E-state index in [-0.39, 0.29) is 17.9 Å². The van der Waals surface area contributed by atoms with E-state index >= 15 is 0 Å². The van der Waals surface area contributed by atoms with Crippen LogP contribution in [0.1, 0.15) is 50.6 Å². The average Bonchev–Trinajstić information content (AvgIpc) is 3.30. The number of carbonyl (C=O) groups excluding carboxylic acids is 2. The summed E-state index contributed by atoms with van der Waals surface area (Å²) in [4.78, 5) is 34.1. The zero-order valence-corrected chi connectivity index (χ0v) is 14.8. The van der Waals surface area contributed by atoms with E-state index in [0.717, 1.165) is 36.8 Å². The summed E-state index contributed by atoms with van der Waals surface area (Å²) in [5.74, 6) is -0.0742. The van der Waals surface area contributed by atoms with Gasteiger partial charge in [-0.1, -0.05) is 6.07 Å². The number of nitrogens with one attached hydrogen (secondary N) is 1. The van der Waals surface area contributed by atoms with Gasteiger partial charge >= 0.3 is 0 Å². The first-order chi connectivity index (χ1) is 13.1. The fourth-order valence-electron chi connectivity index (χ4n) is 4.66. The van der Waals surface area contributed by atoms with E-state index in [1.807, 2.05) is 35.2 Å². The predicted molar refractivity (Wildman–Crippen MR) is 102 cm³/mol. The summed E-state index contributed by atoms with van der Waals surface area (Å²) in [7, 11) is 0. The number of benzene rings is 2. The monoisotopic (exact) mass is 360 g/mol. The lowest BCUT2D eigenvalue weighted by Gasteiger charge is -2.38. The molecule has 6 nitrogen and oxygen atoms in total. The Kier molecular flexibility index (Phi) is 3.53. The van der Waals surface area contributed by atoms with Gasteiger partial charge in [-0.15, -0.1) is 0 Å². The summed E-state index contributed by atoms with van der Waals surface area (Å²) in [6.45, 7) is 0.762. The molecule has 2 amide bonds. The summed E-state index contributed by atoms with van der Waals surface area (Å²) in [5.41, 5.74) is 10.8. The Morgan fingerprint density at radius 2 is 2.00 bits per heavy atom. The minimum absolute atomic E-state index is 0.0594. The number of nitrogens with zero attached hydrogens (tertiary/aromatic N) is 2. The minimum Gasteiger partial charge on any atom is -0.366 e. The molecule has 1 aliphatic carbocycles. The molecule has 5 rings (SSSR count). The van der Waals surface area contributed by atoms with E-state index in [0.29, 0.717) is 11.1 Å². The van der Waals surface area contributed by atoms with Gasteiger partial charge in [0, 0.05) is 29.6 Å². The highest BCUT2D eigenvalue weighted by atomic mass is 16.2. The van der Waals surface area contributed by atoms with Crippen LogP contribution in [0.3, 0.4) is 0 Å². The summed E-state index contributed by atoms with van der Waals surface area (Å²) < 4.78 is 0. The second-order valence-corrected chi connectivity index (χ2v) is 7.43. The minimum atomic E-state index is -0.405. The van der Waals surface area contributed by atoms with Crippen molar-refractivity contribution >= 4 is 22.8 Å². The number of aromatic amines is 1. The molecule has 2 aliphatic rings. The predicted octanol–water partition coefficient (Wildman–Crippen LogP) is 2.61. The van der Waals surface area contributed by atoms with Crippen LogP contribution < -0.4 is 5.73 Å². The van der Waals surface area contributed by atoms with Crippen molar-refractivity contribution < 1.29 is 9.59 Å². The largest absolute Gasteiger partial charge is 0.366 e. The molecule has 1 fully saturated rings. The van der Waals surface area contributed by atoms with Crippen molar-refractivity contribution in [3.63, 3.8) is 0 Å². The van der Waals surface area contributed by atoms with Crippen LogP contribution in [0, 0.1) is 0 Å². The number of H-pyrrole nitrogens is 1. The molecule has 3 N–H and O–H groups in total. The lowest BCUT2D eigenvalue weighted by atomic mass is 9.87. The maximum absolute atomic E-state index is 13.3. The maximum atomic E-state index is 13.3. The average molecular weight is 360 g/mol. The Morgan fingerprint density at radius 1 is 1.15 bits per heavy atom. The van der Waals surface area contributed by atoms with E-state index in [2.05, 4.69) is 9.97 Å². The first kappa shape index (κ1) is 16.1. The van der Waals surface area contributed by atoms with E-state index in [9.17, 15) is 9.59 Å². The van der Waals surface area contributed by atoms with Crippen molar-refractivity contribution in [3.05, 3.63) is 65.0 Å². The molecule has 2 unspecified atom stereocenters. The Morgan fingerprint density at radius 3 is 2.85 bits per heavy atom. The maximum Gasteiger partial charge on any atom is 0.254 e. The van der Waals surface area contributed by atoms with Crippen molar-refractivity contribution in [3.8, 4) is 0 Å². The zero-order chi connectivity index (χ0) is 18.5. The summed E-state index contributed by atoms with van der Waals surface area (Å²) in [6, 6.07) is 11.4. The molecule has 3 aromatic rings. The normalized spacial score (nSPS) is 21.1. The Labute approximate surface area is 156 Å². The Balaban J connectivity index is 1.47. The van der Waals surface area contributed by atoms with Crippen LogP contribution in [0.25, 0.3) is 11.0 Å². The van der Waals surface area contributed by atoms with Gasteiger partial charge in [-0.2, -0.15) is 0 Å². The van der Waals surface area contributed by atoms with Gasteiger partial charge < -0.3 is 15.6 Å². The number of aromatic nitrogens is 2. The first-order valence-electron chi connectivity index (χ1n) is 9.28. The smallest absolute Gasteiger partial charge is 0.254 e. The number of rotatable bonds is 2. The molecule has 0 spiro atoms. The molecule has 27 heavy (non-hydrogen) atoms. The highest BCUT2D eigenvalue weighted by Gasteiger charge is 2.41. The third-order valence-corrected chi connectivity index (χ3v) is 5.97. The number of nitrogens with two attached hydrogens (primary N) is 1. The molecule has 0 bridgehead atoms. The van der Waals surface area contributed by atoms with E-state index in [1.165, 1.54) is 11.1 Å². The highest BCUT2D eigenvalue weighted by molar-refractivity contribution is 5.98. The summed E-state index contributed by atoms with van der Waals surface area (Å²) >= 11 is 0. The van der Waals surface area contributed by atoms with Crippen LogP contribution in [0.15, 0.2) is 42.7 Å². The molecule has 2 heterocycles. The molecule has 0 saturated carbocycles. The molecule has 2 atom stereocenters. The first-order valence-corrected chi connectivity index (χ1v) is 9.28. The molecular weight excluding hydrogens is 340 g/mol. The summed E-state index contributed by atoms with van der Waals surface area (Å²) in [5, 5.41) is 0.